The number of nitrogens with zero attached hydrogens (tertiary/aromatic N) is 4. The Morgan fingerprint density at radius 3 is 2.43 bits per heavy atom. The van der Waals surface area contributed by atoms with Gasteiger partial charge in [-0.25, -0.2) is 4.68 Å². The molecule has 160 valence electrons. The van der Waals surface area contributed by atoms with Crippen molar-refractivity contribution in [1.82, 2.24) is 20.0 Å². The van der Waals surface area contributed by atoms with Gasteiger partial charge in [0, 0.05) is 44.8 Å². The van der Waals surface area contributed by atoms with E-state index in [4.69, 9.17) is 0 Å². The first-order valence-corrected chi connectivity index (χ1v) is 11.1. The molecule has 1 saturated carbocycles. The Balaban J connectivity index is 1.32. The molecule has 0 unspecified atom stereocenters. The first-order valence-electron chi connectivity index (χ1n) is 11.1. The quantitative estimate of drug-likeness (QED) is 0.790. The highest BCUT2D eigenvalue weighted by Gasteiger charge is 2.20. The summed E-state index contributed by atoms with van der Waals surface area (Å²) in [5.74, 6) is 0.640. The van der Waals surface area contributed by atoms with Gasteiger partial charge in [0.15, 0.2) is 0 Å². The lowest BCUT2D eigenvalue weighted by molar-refractivity contribution is -0.122. The zero-order valence-electron chi connectivity index (χ0n) is 17.5. The van der Waals surface area contributed by atoms with Crippen molar-refractivity contribution in [1.29, 1.82) is 0 Å². The largest absolute Gasteiger partial charge is 0.353 e. The summed E-state index contributed by atoms with van der Waals surface area (Å²) in [4.78, 5) is 29.3. The predicted molar refractivity (Wildman–Crippen MR) is 117 cm³/mol. The van der Waals surface area contributed by atoms with Crippen molar-refractivity contribution < 1.29 is 4.79 Å². The van der Waals surface area contributed by atoms with Crippen LogP contribution >= 0.6 is 0 Å². The molecule has 2 aromatic rings. The summed E-state index contributed by atoms with van der Waals surface area (Å²) in [6, 6.07) is 14.0. The number of hydrogen-bond donors (Lipinski definition) is 1. The normalized spacial score (nSPS) is 18.3. The first-order chi connectivity index (χ1) is 14.7. The molecule has 0 radical (unpaired) electrons. The molecule has 4 rings (SSSR count). The number of rotatable bonds is 6. The second-order valence-corrected chi connectivity index (χ2v) is 8.34. The van der Waals surface area contributed by atoms with Gasteiger partial charge >= 0.3 is 0 Å². The number of carbonyl (C=O) groups excluding carboxylic acids is 1. The van der Waals surface area contributed by atoms with Gasteiger partial charge in [0.05, 0.1) is 0 Å². The van der Waals surface area contributed by atoms with E-state index in [2.05, 4.69) is 44.5 Å². The van der Waals surface area contributed by atoms with Gasteiger partial charge in [0.2, 0.25) is 5.91 Å². The second kappa shape index (κ2) is 9.89. The minimum atomic E-state index is -0.236. The van der Waals surface area contributed by atoms with Gasteiger partial charge < -0.3 is 10.2 Å². The lowest BCUT2D eigenvalue weighted by atomic mass is 9.95. The SMILES string of the molecule is O=C(Cn1nc(N2CCN(Cc3ccccc3)CC2)ccc1=O)NC1CCCCC1. The van der Waals surface area contributed by atoms with Gasteiger partial charge in [-0.05, 0) is 24.5 Å². The monoisotopic (exact) mass is 409 g/mol. The lowest BCUT2D eigenvalue weighted by Crippen LogP contribution is -2.47. The molecule has 1 saturated heterocycles. The van der Waals surface area contributed by atoms with Crippen molar-refractivity contribution in [3.05, 3.63) is 58.4 Å². The van der Waals surface area contributed by atoms with Crippen LogP contribution in [0.1, 0.15) is 37.7 Å². The summed E-state index contributed by atoms with van der Waals surface area (Å²) in [5.41, 5.74) is 1.09. The van der Waals surface area contributed by atoms with Gasteiger partial charge in [-0.2, -0.15) is 5.10 Å². The van der Waals surface area contributed by atoms with Crippen LogP contribution in [0.25, 0.3) is 0 Å². The van der Waals surface area contributed by atoms with E-state index in [1.54, 1.807) is 6.07 Å². The summed E-state index contributed by atoms with van der Waals surface area (Å²) in [5, 5.41) is 7.55. The lowest BCUT2D eigenvalue weighted by Gasteiger charge is -2.35. The highest BCUT2D eigenvalue weighted by atomic mass is 16.2. The molecule has 1 aromatic carbocycles. The van der Waals surface area contributed by atoms with E-state index in [1.807, 2.05) is 6.07 Å². The van der Waals surface area contributed by atoms with E-state index < -0.39 is 0 Å². The average Bonchev–Trinajstić information content (AvgIpc) is 2.77. The van der Waals surface area contributed by atoms with Crippen LogP contribution in [-0.4, -0.2) is 52.8 Å². The van der Waals surface area contributed by atoms with Crippen LogP contribution < -0.4 is 15.8 Å². The fourth-order valence-corrected chi connectivity index (χ4v) is 4.35. The number of hydrogen-bond acceptors (Lipinski definition) is 5. The Labute approximate surface area is 177 Å². The van der Waals surface area contributed by atoms with E-state index >= 15 is 0 Å². The third-order valence-corrected chi connectivity index (χ3v) is 6.06. The third-order valence-electron chi connectivity index (χ3n) is 6.06. The molecule has 2 heterocycles. The molecular weight excluding hydrogens is 378 g/mol. The van der Waals surface area contributed by atoms with Crippen LogP contribution in [0.5, 0.6) is 0 Å². The zero-order valence-corrected chi connectivity index (χ0v) is 17.5. The average molecular weight is 410 g/mol. The standard InChI is InChI=1S/C23H31N5O2/c29-22(24-20-9-5-2-6-10-20)18-28-23(30)12-11-21(25-28)27-15-13-26(14-16-27)17-19-7-3-1-4-8-19/h1,3-4,7-8,11-12,20H,2,5-6,9-10,13-18H2,(H,24,29). The smallest absolute Gasteiger partial charge is 0.267 e. The van der Waals surface area contributed by atoms with E-state index in [1.165, 1.54) is 22.7 Å². The number of aromatic nitrogens is 2. The molecule has 1 N–H and O–H groups in total. The highest BCUT2D eigenvalue weighted by Crippen LogP contribution is 2.17. The summed E-state index contributed by atoms with van der Waals surface area (Å²) in [6.45, 7) is 4.52. The highest BCUT2D eigenvalue weighted by molar-refractivity contribution is 5.76. The minimum Gasteiger partial charge on any atom is -0.353 e. The van der Waals surface area contributed by atoms with Gasteiger partial charge in [-0.15, -0.1) is 0 Å². The number of benzene rings is 1. The number of amides is 1. The van der Waals surface area contributed by atoms with Crippen LogP contribution in [0.3, 0.4) is 0 Å². The number of piperazine rings is 1. The third kappa shape index (κ3) is 5.48. The maximum atomic E-state index is 12.4. The van der Waals surface area contributed by atoms with Gasteiger partial charge in [0.1, 0.15) is 12.4 Å². The molecule has 30 heavy (non-hydrogen) atoms. The van der Waals surface area contributed by atoms with Gasteiger partial charge in [-0.1, -0.05) is 49.6 Å². The van der Waals surface area contributed by atoms with Crippen LogP contribution in [0.2, 0.25) is 0 Å². The zero-order chi connectivity index (χ0) is 20.8. The fraction of sp³-hybridized carbons (Fsp3) is 0.522. The number of carbonyl (C=O) groups is 1. The molecule has 7 nitrogen and oxygen atoms in total. The molecule has 7 heteroatoms. The van der Waals surface area contributed by atoms with E-state index in [-0.39, 0.29) is 24.1 Å². The summed E-state index contributed by atoms with van der Waals surface area (Å²) in [7, 11) is 0. The van der Waals surface area contributed by atoms with Crippen LogP contribution in [0.4, 0.5) is 5.82 Å². The molecule has 0 atom stereocenters. The second-order valence-electron chi connectivity index (χ2n) is 8.34. The van der Waals surface area contributed by atoms with E-state index in [0.717, 1.165) is 64.2 Å². The van der Waals surface area contributed by atoms with Crippen molar-refractivity contribution in [2.24, 2.45) is 0 Å². The van der Waals surface area contributed by atoms with E-state index in [9.17, 15) is 9.59 Å². The number of anilines is 1. The molecule has 1 amide bonds. The topological polar surface area (TPSA) is 70.5 Å². The molecule has 1 aliphatic heterocycles. The Morgan fingerprint density at radius 2 is 1.70 bits per heavy atom. The molecule has 2 fully saturated rings. The van der Waals surface area contributed by atoms with Crippen molar-refractivity contribution in [3.8, 4) is 0 Å². The number of nitrogens with one attached hydrogen (secondary N) is 1. The molecule has 2 aliphatic rings. The Kier molecular flexibility index (Phi) is 6.79. The van der Waals surface area contributed by atoms with Crippen LogP contribution in [0, 0.1) is 0 Å². The Bertz CT molecular complexity index is 884. The van der Waals surface area contributed by atoms with E-state index in [0.29, 0.717) is 0 Å². The van der Waals surface area contributed by atoms with Crippen molar-refractivity contribution >= 4 is 11.7 Å². The maximum absolute atomic E-state index is 12.4. The van der Waals surface area contributed by atoms with Crippen LogP contribution in [0.15, 0.2) is 47.3 Å². The molecule has 1 aromatic heterocycles. The summed E-state index contributed by atoms with van der Waals surface area (Å²) in [6.07, 6.45) is 5.63. The molecule has 1 aliphatic carbocycles. The van der Waals surface area contributed by atoms with Gasteiger partial charge in [-0.3, -0.25) is 14.5 Å². The first kappa shape index (κ1) is 20.6. The fourth-order valence-electron chi connectivity index (χ4n) is 4.35. The molecule has 0 bridgehead atoms. The van der Waals surface area contributed by atoms with Crippen molar-refractivity contribution in [2.75, 3.05) is 31.1 Å². The maximum Gasteiger partial charge on any atom is 0.267 e. The Morgan fingerprint density at radius 1 is 0.967 bits per heavy atom. The molecule has 0 spiro atoms. The van der Waals surface area contributed by atoms with Crippen molar-refractivity contribution in [2.45, 2.75) is 51.2 Å². The summed E-state index contributed by atoms with van der Waals surface area (Å²) < 4.78 is 1.30. The van der Waals surface area contributed by atoms with Crippen LogP contribution in [-0.2, 0) is 17.9 Å². The minimum absolute atomic E-state index is 0.0167. The Hall–Kier alpha value is -2.67. The van der Waals surface area contributed by atoms with Crippen molar-refractivity contribution in [3.63, 3.8) is 0 Å². The molecular formula is C23H31N5O2. The predicted octanol–water partition coefficient (Wildman–Crippen LogP) is 2.01. The summed E-state index contributed by atoms with van der Waals surface area (Å²) >= 11 is 0. The van der Waals surface area contributed by atoms with Gasteiger partial charge in [0.25, 0.3) is 5.56 Å².